The molecule has 1 aliphatic heterocycles. The van der Waals surface area contributed by atoms with E-state index in [1.54, 1.807) is 6.26 Å². The third-order valence-electron chi connectivity index (χ3n) is 5.79. The third-order valence-corrected chi connectivity index (χ3v) is 6.11. The lowest BCUT2D eigenvalue weighted by Gasteiger charge is -2.29. The molecule has 6 heteroatoms. The van der Waals surface area contributed by atoms with Crippen molar-refractivity contribution < 1.29 is 4.42 Å². The number of rotatable bonds is 6. The predicted molar refractivity (Wildman–Crippen MR) is 126 cm³/mol. The lowest BCUT2D eigenvalue weighted by Crippen LogP contribution is -2.30. The summed E-state index contributed by atoms with van der Waals surface area (Å²) in [7, 11) is 0. The van der Waals surface area contributed by atoms with Crippen LogP contribution in [0.1, 0.15) is 41.7 Å². The van der Waals surface area contributed by atoms with Gasteiger partial charge in [-0.05, 0) is 72.7 Å². The molecule has 0 bridgehead atoms. The summed E-state index contributed by atoms with van der Waals surface area (Å²) in [4.78, 5) is 6.85. The van der Waals surface area contributed by atoms with E-state index in [2.05, 4.69) is 75.4 Å². The zero-order valence-electron chi connectivity index (χ0n) is 17.3. The van der Waals surface area contributed by atoms with Gasteiger partial charge in [-0.3, -0.25) is 4.98 Å². The van der Waals surface area contributed by atoms with Crippen LogP contribution in [0.4, 0.5) is 5.69 Å². The molecule has 5 rings (SSSR count). The molecule has 0 saturated carbocycles. The predicted octanol–water partition coefficient (Wildman–Crippen LogP) is 5.26. The first-order valence-corrected chi connectivity index (χ1v) is 10.9. The van der Waals surface area contributed by atoms with Gasteiger partial charge < -0.3 is 19.2 Å². The molecule has 1 saturated heterocycles. The highest BCUT2D eigenvalue weighted by molar-refractivity contribution is 7.80. The molecular weight excluding hydrogens is 404 g/mol. The van der Waals surface area contributed by atoms with Crippen LogP contribution in [0.2, 0.25) is 0 Å². The number of furan rings is 1. The van der Waals surface area contributed by atoms with Gasteiger partial charge in [0.2, 0.25) is 0 Å². The number of aryl methyl sites for hydroxylation is 1. The van der Waals surface area contributed by atoms with Crippen LogP contribution < -0.4 is 10.2 Å². The molecular formula is C25H24N4OS. The van der Waals surface area contributed by atoms with E-state index in [-0.39, 0.29) is 12.1 Å². The van der Waals surface area contributed by atoms with Crippen LogP contribution >= 0.6 is 12.2 Å². The number of hydrogen-bond donors (Lipinski definition) is 1. The highest BCUT2D eigenvalue weighted by atomic mass is 32.1. The Hall–Kier alpha value is -3.38. The summed E-state index contributed by atoms with van der Waals surface area (Å²) in [5.41, 5.74) is 4.50. The molecule has 0 aliphatic carbocycles. The minimum atomic E-state index is -0.0650. The Labute approximate surface area is 187 Å². The summed E-state index contributed by atoms with van der Waals surface area (Å²) in [6, 6.07) is 22.7. The van der Waals surface area contributed by atoms with Gasteiger partial charge in [0.05, 0.1) is 24.5 Å². The van der Waals surface area contributed by atoms with Gasteiger partial charge in [0, 0.05) is 23.8 Å². The highest BCUT2D eigenvalue weighted by Gasteiger charge is 2.42. The fraction of sp³-hybridized carbons (Fsp3) is 0.200. The van der Waals surface area contributed by atoms with Crippen LogP contribution in [0, 0.1) is 0 Å². The van der Waals surface area contributed by atoms with E-state index in [1.165, 1.54) is 5.56 Å². The molecule has 5 nitrogen and oxygen atoms in total. The minimum absolute atomic E-state index is 0.0418. The zero-order valence-corrected chi connectivity index (χ0v) is 18.1. The minimum Gasteiger partial charge on any atom is -0.467 e. The van der Waals surface area contributed by atoms with E-state index in [0.29, 0.717) is 11.7 Å². The number of thiocarbonyl (C=S) groups is 1. The average molecular weight is 429 g/mol. The topological polar surface area (TPSA) is 46.2 Å². The summed E-state index contributed by atoms with van der Waals surface area (Å²) in [5.74, 6) is 0.916. The fourth-order valence-corrected chi connectivity index (χ4v) is 4.58. The number of hydrogen-bond acceptors (Lipinski definition) is 3. The van der Waals surface area contributed by atoms with E-state index >= 15 is 0 Å². The van der Waals surface area contributed by atoms with Crippen molar-refractivity contribution in [2.24, 2.45) is 0 Å². The molecule has 1 aromatic carbocycles. The SMILES string of the molecule is CCc1ccc(N2C(=S)N[C@H](c3ccccn3)[C@@H]2c2cccn2Cc2ccco2)cc1. The molecule has 0 spiro atoms. The van der Waals surface area contributed by atoms with Crippen LogP contribution in [-0.4, -0.2) is 14.7 Å². The Kier molecular flexibility index (Phi) is 5.30. The van der Waals surface area contributed by atoms with Gasteiger partial charge in [-0.15, -0.1) is 0 Å². The molecule has 0 amide bonds. The van der Waals surface area contributed by atoms with Crippen LogP contribution in [0.3, 0.4) is 0 Å². The van der Waals surface area contributed by atoms with E-state index < -0.39 is 0 Å². The second-order valence-electron chi connectivity index (χ2n) is 7.66. The molecule has 31 heavy (non-hydrogen) atoms. The first-order valence-electron chi connectivity index (χ1n) is 10.5. The maximum absolute atomic E-state index is 5.83. The smallest absolute Gasteiger partial charge is 0.174 e. The first kappa shape index (κ1) is 19.6. The lowest BCUT2D eigenvalue weighted by atomic mass is 10.0. The second kappa shape index (κ2) is 8.40. The Morgan fingerprint density at radius 2 is 1.90 bits per heavy atom. The molecule has 3 aromatic heterocycles. The van der Waals surface area contributed by atoms with Gasteiger partial charge in [-0.2, -0.15) is 0 Å². The number of nitrogens with one attached hydrogen (secondary N) is 1. The normalized spacial score (nSPS) is 18.4. The van der Waals surface area contributed by atoms with Crippen molar-refractivity contribution in [3.05, 3.63) is 108 Å². The van der Waals surface area contributed by atoms with Crippen molar-refractivity contribution in [3.8, 4) is 0 Å². The van der Waals surface area contributed by atoms with E-state index in [0.717, 1.165) is 29.3 Å². The fourth-order valence-electron chi connectivity index (χ4n) is 4.24. The van der Waals surface area contributed by atoms with E-state index in [1.807, 2.05) is 30.5 Å². The average Bonchev–Trinajstić information content (AvgIpc) is 3.55. The molecule has 0 radical (unpaired) electrons. The Morgan fingerprint density at radius 3 is 2.61 bits per heavy atom. The second-order valence-corrected chi connectivity index (χ2v) is 8.04. The third kappa shape index (κ3) is 3.75. The summed E-state index contributed by atoms with van der Waals surface area (Å²) >= 11 is 5.83. The van der Waals surface area contributed by atoms with Gasteiger partial charge in [0.1, 0.15) is 11.8 Å². The number of benzene rings is 1. The molecule has 4 heterocycles. The molecule has 1 fully saturated rings. The van der Waals surface area contributed by atoms with E-state index in [4.69, 9.17) is 16.6 Å². The molecule has 2 atom stereocenters. The van der Waals surface area contributed by atoms with Gasteiger partial charge in [0.15, 0.2) is 5.11 Å². The van der Waals surface area contributed by atoms with Crippen LogP contribution in [0.5, 0.6) is 0 Å². The summed E-state index contributed by atoms with van der Waals surface area (Å²) in [5, 5.41) is 4.23. The monoisotopic (exact) mass is 428 g/mol. The number of pyridine rings is 1. The Bertz CT molecular complexity index is 1150. The van der Waals surface area contributed by atoms with Crippen molar-refractivity contribution in [2.75, 3.05) is 4.90 Å². The lowest BCUT2D eigenvalue weighted by molar-refractivity contribution is 0.475. The molecule has 1 N–H and O–H groups in total. The van der Waals surface area contributed by atoms with Crippen molar-refractivity contribution in [2.45, 2.75) is 32.0 Å². The molecule has 156 valence electrons. The largest absolute Gasteiger partial charge is 0.467 e. The maximum atomic E-state index is 5.83. The number of aromatic nitrogens is 2. The van der Waals surface area contributed by atoms with Crippen LogP contribution in [0.25, 0.3) is 0 Å². The Morgan fingerprint density at radius 1 is 1.03 bits per heavy atom. The van der Waals surface area contributed by atoms with Gasteiger partial charge in [-0.25, -0.2) is 0 Å². The van der Waals surface area contributed by atoms with E-state index in [9.17, 15) is 0 Å². The standard InChI is InChI=1S/C25H24N4OS/c1-2-18-10-12-19(13-11-18)29-24(23(27-25(29)31)21-8-3-4-14-26-21)22-9-5-15-28(22)17-20-7-6-16-30-20/h3-16,23-24H,2,17H2,1H3,(H,27,31)/t23-,24+/m1/s1. The van der Waals surface area contributed by atoms with Gasteiger partial charge >= 0.3 is 0 Å². The summed E-state index contributed by atoms with van der Waals surface area (Å²) in [6.07, 6.45) is 6.64. The number of anilines is 1. The molecule has 0 unspecified atom stereocenters. The zero-order chi connectivity index (χ0) is 21.2. The Balaban J connectivity index is 1.59. The van der Waals surface area contributed by atoms with Crippen LogP contribution in [-0.2, 0) is 13.0 Å². The number of nitrogens with zero attached hydrogens (tertiary/aromatic N) is 3. The van der Waals surface area contributed by atoms with Crippen molar-refractivity contribution in [1.82, 2.24) is 14.9 Å². The quantitative estimate of drug-likeness (QED) is 0.424. The van der Waals surface area contributed by atoms with Crippen molar-refractivity contribution >= 4 is 23.0 Å². The van der Waals surface area contributed by atoms with Gasteiger partial charge in [0.25, 0.3) is 0 Å². The highest BCUT2D eigenvalue weighted by Crippen LogP contribution is 2.41. The van der Waals surface area contributed by atoms with Crippen molar-refractivity contribution in [1.29, 1.82) is 0 Å². The molecule has 1 aliphatic rings. The first-order chi connectivity index (χ1) is 15.2. The summed E-state index contributed by atoms with van der Waals surface area (Å²) in [6.45, 7) is 2.83. The summed E-state index contributed by atoms with van der Waals surface area (Å²) < 4.78 is 7.83. The maximum Gasteiger partial charge on any atom is 0.174 e. The van der Waals surface area contributed by atoms with Gasteiger partial charge in [-0.1, -0.05) is 25.1 Å². The molecule has 4 aromatic rings. The van der Waals surface area contributed by atoms with Crippen molar-refractivity contribution in [3.63, 3.8) is 0 Å². The van der Waals surface area contributed by atoms with Crippen LogP contribution in [0.15, 0.2) is 89.8 Å².